The van der Waals surface area contributed by atoms with Gasteiger partial charge in [0.25, 0.3) is 0 Å². The number of likely N-dealkylation sites (tertiary alicyclic amines) is 1. The summed E-state index contributed by atoms with van der Waals surface area (Å²) in [6, 6.07) is 9.75. The van der Waals surface area contributed by atoms with Gasteiger partial charge in [0.05, 0.1) is 0 Å². The van der Waals surface area contributed by atoms with Crippen LogP contribution < -0.4 is 0 Å². The molecule has 0 aromatic heterocycles. The first-order chi connectivity index (χ1) is 10.1. The molecule has 1 aromatic carbocycles. The molecule has 0 bridgehead atoms. The van der Waals surface area contributed by atoms with Gasteiger partial charge in [0.15, 0.2) is 0 Å². The highest BCUT2D eigenvalue weighted by Gasteiger charge is 2.33. The minimum absolute atomic E-state index is 0.0190. The van der Waals surface area contributed by atoms with Crippen molar-refractivity contribution in [1.82, 2.24) is 4.90 Å². The zero-order chi connectivity index (χ0) is 15.2. The van der Waals surface area contributed by atoms with Crippen molar-refractivity contribution in [2.24, 2.45) is 0 Å². The number of hydrogen-bond donors (Lipinski definition) is 0. The zero-order valence-electron chi connectivity index (χ0n) is 12.7. The molecular weight excluding hydrogens is 266 g/mol. The van der Waals surface area contributed by atoms with Crippen LogP contribution in [0.2, 0.25) is 0 Å². The van der Waals surface area contributed by atoms with Gasteiger partial charge in [-0.1, -0.05) is 30.3 Å². The van der Waals surface area contributed by atoms with Crippen molar-refractivity contribution in [1.29, 1.82) is 0 Å². The fourth-order valence-corrected chi connectivity index (χ4v) is 2.94. The Morgan fingerprint density at radius 1 is 1.24 bits per heavy atom. The van der Waals surface area contributed by atoms with Gasteiger partial charge in [-0.15, -0.1) is 0 Å². The Labute approximate surface area is 126 Å². The Balaban J connectivity index is 1.98. The van der Waals surface area contributed by atoms with Crippen molar-refractivity contribution in [3.63, 3.8) is 0 Å². The number of carbonyl (C=O) groups excluding carboxylic acids is 2. The maximum atomic E-state index is 12.4. The Bertz CT molecular complexity index is 486. The largest absolute Gasteiger partial charge is 0.445 e. The fourth-order valence-electron chi connectivity index (χ4n) is 2.94. The second-order valence-corrected chi connectivity index (χ2v) is 5.79. The molecule has 0 radical (unpaired) electrons. The highest BCUT2D eigenvalue weighted by molar-refractivity contribution is 5.77. The first-order valence-corrected chi connectivity index (χ1v) is 7.56. The molecule has 4 heteroatoms. The predicted molar refractivity (Wildman–Crippen MR) is 80.9 cm³/mol. The standard InChI is InChI=1S/C17H23NO3/c1-13-7-6-10-16(11-14(2)19)18(13)17(20)21-12-15-8-4-3-5-9-15/h3-5,8-9,13,16H,6-7,10-12H2,1-2H3/t13-,16-/m0/s1. The number of hydrogen-bond acceptors (Lipinski definition) is 3. The minimum atomic E-state index is -0.308. The number of nitrogens with zero attached hydrogens (tertiary/aromatic N) is 1. The van der Waals surface area contributed by atoms with Gasteiger partial charge in [0, 0.05) is 18.5 Å². The van der Waals surface area contributed by atoms with E-state index in [1.807, 2.05) is 37.3 Å². The van der Waals surface area contributed by atoms with Crippen molar-refractivity contribution in [3.05, 3.63) is 35.9 Å². The average Bonchev–Trinajstić information content (AvgIpc) is 2.45. The van der Waals surface area contributed by atoms with Crippen LogP contribution in [0.15, 0.2) is 30.3 Å². The van der Waals surface area contributed by atoms with Crippen LogP contribution in [-0.4, -0.2) is 28.9 Å². The molecule has 0 aliphatic carbocycles. The summed E-state index contributed by atoms with van der Waals surface area (Å²) in [6.07, 6.45) is 3.02. The Kier molecular flexibility index (Phi) is 5.37. The summed E-state index contributed by atoms with van der Waals surface area (Å²) in [6.45, 7) is 3.87. The number of piperidine rings is 1. The Hall–Kier alpha value is -1.84. The van der Waals surface area contributed by atoms with Crippen LogP contribution in [0, 0.1) is 0 Å². The molecule has 2 atom stereocenters. The molecule has 0 unspecified atom stereocenters. The van der Waals surface area contributed by atoms with Crippen LogP contribution in [0.4, 0.5) is 4.79 Å². The van der Waals surface area contributed by atoms with Gasteiger partial charge in [-0.05, 0) is 38.7 Å². The lowest BCUT2D eigenvalue weighted by atomic mass is 9.94. The van der Waals surface area contributed by atoms with E-state index >= 15 is 0 Å². The van der Waals surface area contributed by atoms with E-state index in [1.54, 1.807) is 11.8 Å². The second kappa shape index (κ2) is 7.25. The van der Waals surface area contributed by atoms with Gasteiger partial charge in [0.1, 0.15) is 12.4 Å². The number of ether oxygens (including phenoxy) is 1. The third-order valence-electron chi connectivity index (χ3n) is 3.97. The van der Waals surface area contributed by atoms with Crippen LogP contribution in [0.3, 0.4) is 0 Å². The summed E-state index contributed by atoms with van der Waals surface area (Å²) in [7, 11) is 0. The number of benzene rings is 1. The van der Waals surface area contributed by atoms with Gasteiger partial charge < -0.3 is 9.64 Å². The quantitative estimate of drug-likeness (QED) is 0.851. The van der Waals surface area contributed by atoms with E-state index in [0.717, 1.165) is 24.8 Å². The molecule has 0 saturated carbocycles. The van der Waals surface area contributed by atoms with Gasteiger partial charge in [0.2, 0.25) is 0 Å². The lowest BCUT2D eigenvalue weighted by molar-refractivity contribution is -0.118. The molecule has 1 saturated heterocycles. The molecule has 114 valence electrons. The smallest absolute Gasteiger partial charge is 0.410 e. The normalized spacial score (nSPS) is 21.9. The summed E-state index contributed by atoms with van der Waals surface area (Å²) in [4.78, 5) is 25.5. The molecule has 1 aliphatic heterocycles. The molecule has 0 N–H and O–H groups in total. The topological polar surface area (TPSA) is 46.6 Å². The van der Waals surface area contributed by atoms with Crippen molar-refractivity contribution in [3.8, 4) is 0 Å². The molecule has 2 rings (SSSR count). The van der Waals surface area contributed by atoms with Crippen LogP contribution >= 0.6 is 0 Å². The molecular formula is C17H23NO3. The molecule has 1 amide bonds. The molecule has 1 heterocycles. The fraction of sp³-hybridized carbons (Fsp3) is 0.529. The Morgan fingerprint density at radius 2 is 1.95 bits per heavy atom. The molecule has 0 spiro atoms. The van der Waals surface area contributed by atoms with E-state index < -0.39 is 0 Å². The van der Waals surface area contributed by atoms with E-state index in [-0.39, 0.29) is 30.6 Å². The number of ketones is 1. The first kappa shape index (κ1) is 15.5. The lowest BCUT2D eigenvalue weighted by Gasteiger charge is -2.39. The summed E-state index contributed by atoms with van der Waals surface area (Å²) in [5.41, 5.74) is 0.971. The predicted octanol–water partition coefficient (Wildman–Crippen LogP) is 3.55. The first-order valence-electron chi connectivity index (χ1n) is 7.56. The van der Waals surface area contributed by atoms with Gasteiger partial charge in [-0.2, -0.15) is 0 Å². The maximum Gasteiger partial charge on any atom is 0.410 e. The maximum absolute atomic E-state index is 12.4. The van der Waals surface area contributed by atoms with Crippen LogP contribution in [0.25, 0.3) is 0 Å². The summed E-state index contributed by atoms with van der Waals surface area (Å²) in [5.74, 6) is 0.120. The van der Waals surface area contributed by atoms with E-state index in [1.165, 1.54) is 0 Å². The molecule has 4 nitrogen and oxygen atoms in total. The highest BCUT2D eigenvalue weighted by atomic mass is 16.6. The van der Waals surface area contributed by atoms with Crippen LogP contribution in [0.5, 0.6) is 0 Å². The summed E-state index contributed by atoms with van der Waals surface area (Å²) < 4.78 is 5.43. The lowest BCUT2D eigenvalue weighted by Crippen LogP contribution is -2.49. The van der Waals surface area contributed by atoms with Gasteiger partial charge in [-0.25, -0.2) is 4.79 Å². The number of carbonyl (C=O) groups is 2. The van der Waals surface area contributed by atoms with E-state index in [4.69, 9.17) is 4.74 Å². The number of Topliss-reactive ketones (excluding diaryl/α,β-unsaturated/α-hetero) is 1. The molecule has 1 aliphatic rings. The molecule has 21 heavy (non-hydrogen) atoms. The van der Waals surface area contributed by atoms with Gasteiger partial charge in [-0.3, -0.25) is 4.79 Å². The van der Waals surface area contributed by atoms with E-state index in [2.05, 4.69) is 0 Å². The summed E-state index contributed by atoms with van der Waals surface area (Å²) in [5, 5.41) is 0. The third-order valence-corrected chi connectivity index (χ3v) is 3.97. The third kappa shape index (κ3) is 4.31. The minimum Gasteiger partial charge on any atom is -0.445 e. The molecule has 1 aromatic rings. The Morgan fingerprint density at radius 3 is 2.62 bits per heavy atom. The molecule has 1 fully saturated rings. The average molecular weight is 289 g/mol. The van der Waals surface area contributed by atoms with Crippen molar-refractivity contribution in [2.45, 2.75) is 58.2 Å². The van der Waals surface area contributed by atoms with Crippen molar-refractivity contribution in [2.75, 3.05) is 0 Å². The van der Waals surface area contributed by atoms with Crippen LogP contribution in [-0.2, 0) is 16.1 Å². The second-order valence-electron chi connectivity index (χ2n) is 5.79. The number of amides is 1. The van der Waals surface area contributed by atoms with E-state index in [9.17, 15) is 9.59 Å². The SMILES string of the molecule is CC(=O)C[C@@H]1CCC[C@H](C)N1C(=O)OCc1ccccc1. The highest BCUT2D eigenvalue weighted by Crippen LogP contribution is 2.26. The monoisotopic (exact) mass is 289 g/mol. The summed E-state index contributed by atoms with van der Waals surface area (Å²) >= 11 is 0. The zero-order valence-corrected chi connectivity index (χ0v) is 12.7. The van der Waals surface area contributed by atoms with Crippen LogP contribution in [0.1, 0.15) is 45.1 Å². The van der Waals surface area contributed by atoms with Gasteiger partial charge >= 0.3 is 6.09 Å². The number of rotatable bonds is 4. The van der Waals surface area contributed by atoms with E-state index in [0.29, 0.717) is 6.42 Å². The van der Waals surface area contributed by atoms with Crippen molar-refractivity contribution >= 4 is 11.9 Å². The van der Waals surface area contributed by atoms with Crippen molar-refractivity contribution < 1.29 is 14.3 Å².